The van der Waals surface area contributed by atoms with Gasteiger partial charge in [-0.3, -0.25) is 0 Å². The molecular formula is C12H19FN2. The standard InChI is InChI=1S/C7H8FN.C5H11N/c8-7-3-1-6(5-9)2-4-7;6-5-3-1-2-4-5/h1-4H,5,9H2;5H,1-4,6H2. The molecule has 15 heavy (non-hydrogen) atoms. The molecule has 3 heteroatoms. The van der Waals surface area contributed by atoms with E-state index in [-0.39, 0.29) is 5.82 Å². The van der Waals surface area contributed by atoms with Gasteiger partial charge >= 0.3 is 0 Å². The monoisotopic (exact) mass is 210 g/mol. The fraction of sp³-hybridized carbons (Fsp3) is 0.500. The molecule has 1 aliphatic carbocycles. The zero-order valence-electron chi connectivity index (χ0n) is 8.95. The van der Waals surface area contributed by atoms with Crippen LogP contribution in [0.2, 0.25) is 0 Å². The van der Waals surface area contributed by atoms with Gasteiger partial charge in [-0.1, -0.05) is 25.0 Å². The van der Waals surface area contributed by atoms with E-state index >= 15 is 0 Å². The zero-order chi connectivity index (χ0) is 11.1. The average Bonchev–Trinajstić information content (AvgIpc) is 2.71. The second kappa shape index (κ2) is 6.53. The minimum Gasteiger partial charge on any atom is -0.328 e. The maximum absolute atomic E-state index is 12.2. The number of rotatable bonds is 1. The van der Waals surface area contributed by atoms with Gasteiger partial charge in [-0.2, -0.15) is 0 Å². The Morgan fingerprint density at radius 1 is 1.13 bits per heavy atom. The first-order valence-electron chi connectivity index (χ1n) is 5.42. The van der Waals surface area contributed by atoms with Crippen LogP contribution in [0.5, 0.6) is 0 Å². The molecule has 0 aliphatic heterocycles. The minimum absolute atomic E-state index is 0.216. The molecule has 0 atom stereocenters. The average molecular weight is 210 g/mol. The fourth-order valence-electron chi connectivity index (χ4n) is 1.58. The highest BCUT2D eigenvalue weighted by atomic mass is 19.1. The lowest BCUT2D eigenvalue weighted by Gasteiger charge is -1.92. The highest BCUT2D eigenvalue weighted by molar-refractivity contribution is 5.15. The largest absolute Gasteiger partial charge is 0.328 e. The van der Waals surface area contributed by atoms with Crippen molar-refractivity contribution < 1.29 is 4.39 Å². The van der Waals surface area contributed by atoms with E-state index in [4.69, 9.17) is 11.5 Å². The number of benzene rings is 1. The molecule has 0 spiro atoms. The van der Waals surface area contributed by atoms with Crippen LogP contribution in [0.25, 0.3) is 0 Å². The van der Waals surface area contributed by atoms with Crippen molar-refractivity contribution in [2.75, 3.05) is 0 Å². The maximum Gasteiger partial charge on any atom is 0.123 e. The Morgan fingerprint density at radius 3 is 2.00 bits per heavy atom. The second-order valence-corrected chi connectivity index (χ2v) is 3.88. The van der Waals surface area contributed by atoms with Gasteiger partial charge < -0.3 is 11.5 Å². The SMILES string of the molecule is NC1CCCC1.NCc1ccc(F)cc1. The van der Waals surface area contributed by atoms with E-state index in [1.54, 1.807) is 12.1 Å². The van der Waals surface area contributed by atoms with Crippen LogP contribution in [0.15, 0.2) is 24.3 Å². The fourth-order valence-corrected chi connectivity index (χ4v) is 1.58. The third-order valence-electron chi connectivity index (χ3n) is 2.55. The second-order valence-electron chi connectivity index (χ2n) is 3.88. The van der Waals surface area contributed by atoms with Crippen molar-refractivity contribution in [2.24, 2.45) is 11.5 Å². The summed E-state index contributed by atoms with van der Waals surface area (Å²) in [6.45, 7) is 0.472. The lowest BCUT2D eigenvalue weighted by Crippen LogP contribution is -2.13. The van der Waals surface area contributed by atoms with Gasteiger partial charge in [0.1, 0.15) is 5.82 Å². The van der Waals surface area contributed by atoms with Gasteiger partial charge in [0.25, 0.3) is 0 Å². The van der Waals surface area contributed by atoms with Gasteiger partial charge in [0.05, 0.1) is 0 Å². The Balaban J connectivity index is 0.000000162. The Bertz CT molecular complexity index is 265. The molecule has 1 aliphatic rings. The first-order valence-corrected chi connectivity index (χ1v) is 5.42. The lowest BCUT2D eigenvalue weighted by atomic mass is 10.2. The van der Waals surface area contributed by atoms with Crippen molar-refractivity contribution in [3.63, 3.8) is 0 Å². The third kappa shape index (κ3) is 4.91. The van der Waals surface area contributed by atoms with Crippen LogP contribution in [-0.4, -0.2) is 6.04 Å². The first kappa shape index (κ1) is 12.1. The van der Waals surface area contributed by atoms with Crippen LogP contribution in [0, 0.1) is 5.82 Å². The Hall–Kier alpha value is -0.930. The predicted molar refractivity (Wildman–Crippen MR) is 60.7 cm³/mol. The van der Waals surface area contributed by atoms with Gasteiger partial charge in [0.15, 0.2) is 0 Å². The van der Waals surface area contributed by atoms with Crippen LogP contribution in [-0.2, 0) is 6.54 Å². The normalized spacial score (nSPS) is 15.9. The van der Waals surface area contributed by atoms with Crippen LogP contribution in [0.4, 0.5) is 4.39 Å². The highest BCUT2D eigenvalue weighted by Crippen LogP contribution is 2.14. The summed E-state index contributed by atoms with van der Waals surface area (Å²) in [6.07, 6.45) is 5.25. The number of hydrogen-bond acceptors (Lipinski definition) is 2. The van der Waals surface area contributed by atoms with Crippen molar-refractivity contribution in [1.29, 1.82) is 0 Å². The summed E-state index contributed by atoms with van der Waals surface area (Å²) in [5.74, 6) is -0.216. The van der Waals surface area contributed by atoms with E-state index in [2.05, 4.69) is 0 Å². The number of nitrogens with two attached hydrogens (primary N) is 2. The predicted octanol–water partition coefficient (Wildman–Crippen LogP) is 2.17. The molecule has 0 unspecified atom stereocenters. The molecule has 0 bridgehead atoms. The summed E-state index contributed by atoms with van der Waals surface area (Å²) in [5.41, 5.74) is 11.8. The molecule has 1 aromatic rings. The number of hydrogen-bond donors (Lipinski definition) is 2. The van der Waals surface area contributed by atoms with Gasteiger partial charge in [-0.15, -0.1) is 0 Å². The highest BCUT2D eigenvalue weighted by Gasteiger charge is 2.07. The van der Waals surface area contributed by atoms with Crippen LogP contribution < -0.4 is 11.5 Å². The summed E-state index contributed by atoms with van der Waals surface area (Å²) >= 11 is 0. The van der Waals surface area contributed by atoms with E-state index in [9.17, 15) is 4.39 Å². The van der Waals surface area contributed by atoms with E-state index in [0.29, 0.717) is 12.6 Å². The molecule has 2 nitrogen and oxygen atoms in total. The van der Waals surface area contributed by atoms with Crippen molar-refractivity contribution in [3.05, 3.63) is 35.6 Å². The molecule has 0 aromatic heterocycles. The first-order chi connectivity index (χ1) is 7.22. The molecular weight excluding hydrogens is 191 g/mol. The van der Waals surface area contributed by atoms with E-state index in [1.165, 1.54) is 37.8 Å². The third-order valence-corrected chi connectivity index (χ3v) is 2.55. The zero-order valence-corrected chi connectivity index (χ0v) is 8.95. The summed E-state index contributed by atoms with van der Waals surface area (Å²) in [7, 11) is 0. The van der Waals surface area contributed by atoms with Crippen molar-refractivity contribution >= 4 is 0 Å². The molecule has 4 N–H and O–H groups in total. The van der Waals surface area contributed by atoms with Gasteiger partial charge in [-0.05, 0) is 30.5 Å². The van der Waals surface area contributed by atoms with Crippen molar-refractivity contribution in [1.82, 2.24) is 0 Å². The van der Waals surface area contributed by atoms with Crippen LogP contribution in [0.1, 0.15) is 31.2 Å². The van der Waals surface area contributed by atoms with Crippen molar-refractivity contribution in [3.8, 4) is 0 Å². The molecule has 0 radical (unpaired) electrons. The van der Waals surface area contributed by atoms with Crippen LogP contribution in [0.3, 0.4) is 0 Å². The lowest BCUT2D eigenvalue weighted by molar-refractivity contribution is 0.627. The van der Waals surface area contributed by atoms with Crippen LogP contribution >= 0.6 is 0 Å². The molecule has 1 fully saturated rings. The topological polar surface area (TPSA) is 52.0 Å². The minimum atomic E-state index is -0.216. The quantitative estimate of drug-likeness (QED) is 0.746. The smallest absolute Gasteiger partial charge is 0.123 e. The molecule has 0 saturated heterocycles. The van der Waals surface area contributed by atoms with Gasteiger partial charge in [0.2, 0.25) is 0 Å². The molecule has 0 amide bonds. The Labute approximate surface area is 90.5 Å². The van der Waals surface area contributed by atoms with Crippen molar-refractivity contribution in [2.45, 2.75) is 38.3 Å². The maximum atomic E-state index is 12.2. The molecule has 84 valence electrons. The van der Waals surface area contributed by atoms with E-state index in [0.717, 1.165) is 5.56 Å². The molecule has 0 heterocycles. The van der Waals surface area contributed by atoms with E-state index < -0.39 is 0 Å². The van der Waals surface area contributed by atoms with Gasteiger partial charge in [-0.25, -0.2) is 4.39 Å². The summed E-state index contributed by atoms with van der Waals surface area (Å²) in [5, 5.41) is 0. The summed E-state index contributed by atoms with van der Waals surface area (Å²) < 4.78 is 12.2. The molecule has 1 aromatic carbocycles. The number of halogens is 1. The van der Waals surface area contributed by atoms with E-state index in [1.807, 2.05) is 0 Å². The molecule has 2 rings (SSSR count). The Morgan fingerprint density at radius 2 is 1.67 bits per heavy atom. The Kier molecular flexibility index (Phi) is 5.29. The molecule has 1 saturated carbocycles. The van der Waals surface area contributed by atoms with Gasteiger partial charge in [0, 0.05) is 12.6 Å². The summed E-state index contributed by atoms with van der Waals surface area (Å²) in [4.78, 5) is 0. The summed E-state index contributed by atoms with van der Waals surface area (Å²) in [6, 6.07) is 6.71.